The SMILES string of the molecule is CNC(=S)NN=Cc1ccc(OC)c(Br)c1. The van der Waals surface area contributed by atoms with Crippen molar-refractivity contribution in [1.82, 2.24) is 10.7 Å². The summed E-state index contributed by atoms with van der Waals surface area (Å²) in [5, 5.41) is 7.20. The molecule has 4 nitrogen and oxygen atoms in total. The van der Waals surface area contributed by atoms with Gasteiger partial charge >= 0.3 is 0 Å². The van der Waals surface area contributed by atoms with Crippen LogP contribution in [0.3, 0.4) is 0 Å². The summed E-state index contributed by atoms with van der Waals surface area (Å²) in [6, 6.07) is 5.67. The van der Waals surface area contributed by atoms with E-state index in [2.05, 4.69) is 31.8 Å². The molecular formula is C10H12BrN3OS. The van der Waals surface area contributed by atoms with Gasteiger partial charge in [-0.3, -0.25) is 5.43 Å². The fraction of sp³-hybridized carbons (Fsp3) is 0.200. The van der Waals surface area contributed by atoms with E-state index >= 15 is 0 Å². The van der Waals surface area contributed by atoms with Crippen molar-refractivity contribution in [2.24, 2.45) is 5.10 Å². The third-order valence-corrected chi connectivity index (χ3v) is 2.70. The fourth-order valence-corrected chi connectivity index (χ4v) is 1.60. The molecule has 0 saturated carbocycles. The second-order valence-corrected chi connectivity index (χ2v) is 4.11. The number of hydrogen-bond acceptors (Lipinski definition) is 3. The number of methoxy groups -OCH3 is 1. The van der Waals surface area contributed by atoms with E-state index in [1.54, 1.807) is 20.4 Å². The lowest BCUT2D eigenvalue weighted by molar-refractivity contribution is 0.412. The number of rotatable bonds is 3. The average molecular weight is 302 g/mol. The number of halogens is 1. The molecule has 1 aromatic carbocycles. The van der Waals surface area contributed by atoms with E-state index in [1.807, 2.05) is 18.2 Å². The van der Waals surface area contributed by atoms with Crippen molar-refractivity contribution < 1.29 is 4.74 Å². The lowest BCUT2D eigenvalue weighted by Crippen LogP contribution is -2.28. The van der Waals surface area contributed by atoms with Gasteiger partial charge in [-0.2, -0.15) is 5.10 Å². The lowest BCUT2D eigenvalue weighted by atomic mass is 10.2. The first-order valence-corrected chi connectivity index (χ1v) is 5.72. The van der Waals surface area contributed by atoms with Gasteiger partial charge < -0.3 is 10.1 Å². The van der Waals surface area contributed by atoms with Crippen molar-refractivity contribution in [2.75, 3.05) is 14.2 Å². The molecule has 0 atom stereocenters. The molecule has 1 rings (SSSR count). The summed E-state index contributed by atoms with van der Waals surface area (Å²) in [6.07, 6.45) is 1.67. The summed E-state index contributed by atoms with van der Waals surface area (Å²) in [6.45, 7) is 0. The number of nitrogens with zero attached hydrogens (tertiary/aromatic N) is 1. The van der Waals surface area contributed by atoms with E-state index in [0.717, 1.165) is 15.8 Å². The Morgan fingerprint density at radius 3 is 2.88 bits per heavy atom. The van der Waals surface area contributed by atoms with E-state index in [4.69, 9.17) is 17.0 Å². The molecule has 0 aliphatic rings. The topological polar surface area (TPSA) is 45.7 Å². The van der Waals surface area contributed by atoms with Crippen LogP contribution < -0.4 is 15.5 Å². The minimum absolute atomic E-state index is 0.476. The first-order valence-electron chi connectivity index (χ1n) is 4.51. The van der Waals surface area contributed by atoms with Crippen LogP contribution in [0.5, 0.6) is 5.75 Å². The molecule has 2 N–H and O–H groups in total. The van der Waals surface area contributed by atoms with Gasteiger partial charge in [-0.15, -0.1) is 0 Å². The number of thiocarbonyl (C=S) groups is 1. The minimum Gasteiger partial charge on any atom is -0.496 e. The zero-order chi connectivity index (χ0) is 12.0. The van der Waals surface area contributed by atoms with Gasteiger partial charge in [-0.05, 0) is 51.9 Å². The highest BCUT2D eigenvalue weighted by Gasteiger charge is 1.99. The Labute approximate surface area is 108 Å². The quantitative estimate of drug-likeness (QED) is 0.508. The summed E-state index contributed by atoms with van der Waals surface area (Å²) in [5.41, 5.74) is 3.62. The number of hydrazone groups is 1. The standard InChI is InChI=1S/C10H12BrN3OS/c1-12-10(16)14-13-6-7-3-4-9(15-2)8(11)5-7/h3-6H,1-2H3,(H2,12,14,16). The Balaban J connectivity index is 2.68. The third kappa shape index (κ3) is 3.79. The first-order chi connectivity index (χ1) is 7.67. The van der Waals surface area contributed by atoms with Crippen molar-refractivity contribution in [3.63, 3.8) is 0 Å². The Kier molecular flexibility index (Phi) is 5.21. The molecule has 0 aromatic heterocycles. The maximum Gasteiger partial charge on any atom is 0.186 e. The molecule has 0 spiro atoms. The third-order valence-electron chi connectivity index (χ3n) is 1.78. The van der Waals surface area contributed by atoms with Crippen LogP contribution in [0.1, 0.15) is 5.56 Å². The number of benzene rings is 1. The summed E-state index contributed by atoms with van der Waals surface area (Å²) < 4.78 is 6.01. The summed E-state index contributed by atoms with van der Waals surface area (Å²) >= 11 is 8.27. The summed E-state index contributed by atoms with van der Waals surface area (Å²) in [5.74, 6) is 0.788. The summed E-state index contributed by atoms with van der Waals surface area (Å²) in [7, 11) is 3.36. The van der Waals surface area contributed by atoms with Gasteiger partial charge in [0.25, 0.3) is 0 Å². The minimum atomic E-state index is 0.476. The monoisotopic (exact) mass is 301 g/mol. The molecule has 0 unspecified atom stereocenters. The first kappa shape index (κ1) is 12.9. The Morgan fingerprint density at radius 1 is 1.56 bits per heavy atom. The number of ether oxygens (including phenoxy) is 1. The predicted octanol–water partition coefficient (Wildman–Crippen LogP) is 1.89. The highest BCUT2D eigenvalue weighted by Crippen LogP contribution is 2.24. The molecule has 0 saturated heterocycles. The van der Waals surface area contributed by atoms with Gasteiger partial charge in [-0.25, -0.2) is 0 Å². The molecule has 0 radical (unpaired) electrons. The van der Waals surface area contributed by atoms with Crippen molar-refractivity contribution >= 4 is 39.5 Å². The van der Waals surface area contributed by atoms with Crippen LogP contribution in [0.4, 0.5) is 0 Å². The van der Waals surface area contributed by atoms with E-state index in [9.17, 15) is 0 Å². The maximum atomic E-state index is 5.12. The molecule has 0 aliphatic carbocycles. The molecule has 1 aromatic rings. The highest BCUT2D eigenvalue weighted by atomic mass is 79.9. The van der Waals surface area contributed by atoms with E-state index in [1.165, 1.54) is 0 Å². The fourth-order valence-electron chi connectivity index (χ4n) is 0.984. The van der Waals surface area contributed by atoms with Gasteiger partial charge in [0.2, 0.25) is 0 Å². The van der Waals surface area contributed by atoms with Crippen molar-refractivity contribution in [1.29, 1.82) is 0 Å². The van der Waals surface area contributed by atoms with Gasteiger partial charge in [-0.1, -0.05) is 0 Å². The van der Waals surface area contributed by atoms with E-state index in [-0.39, 0.29) is 0 Å². The van der Waals surface area contributed by atoms with Crippen LogP contribution >= 0.6 is 28.1 Å². The number of hydrogen-bond donors (Lipinski definition) is 2. The highest BCUT2D eigenvalue weighted by molar-refractivity contribution is 9.10. The average Bonchev–Trinajstić information content (AvgIpc) is 2.29. The molecule has 0 aliphatic heterocycles. The second kappa shape index (κ2) is 6.44. The second-order valence-electron chi connectivity index (χ2n) is 2.84. The molecule has 6 heteroatoms. The van der Waals surface area contributed by atoms with Crippen LogP contribution in [-0.2, 0) is 0 Å². The lowest BCUT2D eigenvalue weighted by Gasteiger charge is -2.03. The molecule has 0 fully saturated rings. The van der Waals surface area contributed by atoms with Gasteiger partial charge in [0.15, 0.2) is 5.11 Å². The van der Waals surface area contributed by atoms with Crippen LogP contribution in [0.2, 0.25) is 0 Å². The zero-order valence-electron chi connectivity index (χ0n) is 8.95. The Bertz CT molecular complexity index is 409. The molecular weight excluding hydrogens is 290 g/mol. The molecule has 0 bridgehead atoms. The predicted molar refractivity (Wildman–Crippen MR) is 73.1 cm³/mol. The largest absolute Gasteiger partial charge is 0.496 e. The molecule has 0 amide bonds. The van der Waals surface area contributed by atoms with Crippen LogP contribution in [-0.4, -0.2) is 25.5 Å². The van der Waals surface area contributed by atoms with Gasteiger partial charge in [0.05, 0.1) is 17.8 Å². The molecule has 16 heavy (non-hydrogen) atoms. The molecule has 0 heterocycles. The Hall–Kier alpha value is -1.14. The summed E-state index contributed by atoms with van der Waals surface area (Å²) in [4.78, 5) is 0. The van der Waals surface area contributed by atoms with Crippen LogP contribution in [0.15, 0.2) is 27.8 Å². The number of nitrogens with one attached hydrogen (secondary N) is 2. The van der Waals surface area contributed by atoms with Gasteiger partial charge in [0, 0.05) is 7.05 Å². The van der Waals surface area contributed by atoms with Gasteiger partial charge in [0.1, 0.15) is 5.75 Å². The normalized spacial score (nSPS) is 10.2. The van der Waals surface area contributed by atoms with Crippen LogP contribution in [0, 0.1) is 0 Å². The van der Waals surface area contributed by atoms with Crippen LogP contribution in [0.25, 0.3) is 0 Å². The zero-order valence-corrected chi connectivity index (χ0v) is 11.4. The van der Waals surface area contributed by atoms with E-state index < -0.39 is 0 Å². The van der Waals surface area contributed by atoms with E-state index in [0.29, 0.717) is 5.11 Å². The van der Waals surface area contributed by atoms with Crippen molar-refractivity contribution in [2.45, 2.75) is 0 Å². The Morgan fingerprint density at radius 2 is 2.31 bits per heavy atom. The smallest absolute Gasteiger partial charge is 0.186 e. The molecule has 86 valence electrons. The van der Waals surface area contributed by atoms with Crippen molar-refractivity contribution in [3.05, 3.63) is 28.2 Å². The maximum absolute atomic E-state index is 5.12. The van der Waals surface area contributed by atoms with Crippen molar-refractivity contribution in [3.8, 4) is 5.75 Å².